The van der Waals surface area contributed by atoms with Gasteiger partial charge in [0.2, 0.25) is 0 Å². The molecule has 0 amide bonds. The smallest absolute Gasteiger partial charge is 0.0419 e. The summed E-state index contributed by atoms with van der Waals surface area (Å²) in [5.41, 5.74) is 1.16. The monoisotopic (exact) mass is 246 g/mol. The van der Waals surface area contributed by atoms with E-state index in [-0.39, 0.29) is 0 Å². The molecule has 17 heavy (non-hydrogen) atoms. The second-order valence-electron chi connectivity index (χ2n) is 4.13. The van der Waals surface area contributed by atoms with Crippen LogP contribution in [-0.4, -0.2) is 18.1 Å². The van der Waals surface area contributed by atoms with Gasteiger partial charge < -0.3 is 5.32 Å². The van der Waals surface area contributed by atoms with Gasteiger partial charge in [-0.3, -0.25) is 4.98 Å². The zero-order valence-corrected chi connectivity index (χ0v) is 10.9. The van der Waals surface area contributed by atoms with Crippen LogP contribution in [0.2, 0.25) is 0 Å². The van der Waals surface area contributed by atoms with E-state index >= 15 is 0 Å². The van der Waals surface area contributed by atoms with E-state index in [0.717, 1.165) is 25.0 Å². The van der Waals surface area contributed by atoms with Crippen molar-refractivity contribution in [3.63, 3.8) is 0 Å². The molecule has 2 aromatic heterocycles. The fourth-order valence-corrected chi connectivity index (χ4v) is 2.62. The van der Waals surface area contributed by atoms with E-state index in [1.54, 1.807) is 0 Å². The Morgan fingerprint density at radius 3 is 2.88 bits per heavy atom. The fraction of sp³-hybridized carbons (Fsp3) is 0.357. The first-order valence-corrected chi connectivity index (χ1v) is 6.86. The second-order valence-corrected chi connectivity index (χ2v) is 5.16. The van der Waals surface area contributed by atoms with Crippen molar-refractivity contribution >= 4 is 11.3 Å². The molecule has 3 heteroatoms. The summed E-state index contributed by atoms with van der Waals surface area (Å²) in [7, 11) is 2.03. The Balaban J connectivity index is 1.85. The van der Waals surface area contributed by atoms with Crippen LogP contribution in [0.15, 0.2) is 41.9 Å². The zero-order chi connectivity index (χ0) is 11.9. The van der Waals surface area contributed by atoms with Gasteiger partial charge in [-0.25, -0.2) is 0 Å². The molecule has 0 radical (unpaired) electrons. The SMILES string of the molecule is CNC(CCc1cccs1)Cc1ccccn1. The molecule has 1 unspecified atom stereocenters. The number of aromatic nitrogens is 1. The van der Waals surface area contributed by atoms with Crippen LogP contribution in [-0.2, 0) is 12.8 Å². The van der Waals surface area contributed by atoms with Gasteiger partial charge >= 0.3 is 0 Å². The third-order valence-electron chi connectivity index (χ3n) is 2.91. The Labute approximate surface area is 107 Å². The van der Waals surface area contributed by atoms with Crippen LogP contribution >= 0.6 is 11.3 Å². The summed E-state index contributed by atoms with van der Waals surface area (Å²) in [4.78, 5) is 5.84. The van der Waals surface area contributed by atoms with Crippen LogP contribution in [0.3, 0.4) is 0 Å². The largest absolute Gasteiger partial charge is 0.317 e. The van der Waals surface area contributed by atoms with Crippen molar-refractivity contribution in [2.75, 3.05) is 7.05 Å². The van der Waals surface area contributed by atoms with Gasteiger partial charge in [0.25, 0.3) is 0 Å². The van der Waals surface area contributed by atoms with Gasteiger partial charge in [-0.15, -0.1) is 11.3 Å². The molecule has 0 fully saturated rings. The van der Waals surface area contributed by atoms with E-state index in [1.165, 1.54) is 4.88 Å². The van der Waals surface area contributed by atoms with E-state index in [9.17, 15) is 0 Å². The number of hydrogen-bond donors (Lipinski definition) is 1. The highest BCUT2D eigenvalue weighted by Gasteiger charge is 2.08. The van der Waals surface area contributed by atoms with Crippen molar-refractivity contribution in [2.45, 2.75) is 25.3 Å². The normalized spacial score (nSPS) is 12.5. The summed E-state index contributed by atoms with van der Waals surface area (Å²) in [5.74, 6) is 0. The van der Waals surface area contributed by atoms with Gasteiger partial charge in [-0.05, 0) is 43.5 Å². The van der Waals surface area contributed by atoms with Crippen molar-refractivity contribution in [1.82, 2.24) is 10.3 Å². The van der Waals surface area contributed by atoms with E-state index in [4.69, 9.17) is 0 Å². The molecule has 2 nitrogen and oxygen atoms in total. The molecule has 2 aromatic rings. The Morgan fingerprint density at radius 1 is 1.29 bits per heavy atom. The third-order valence-corrected chi connectivity index (χ3v) is 3.85. The van der Waals surface area contributed by atoms with Gasteiger partial charge in [-0.2, -0.15) is 0 Å². The summed E-state index contributed by atoms with van der Waals surface area (Å²) < 4.78 is 0. The lowest BCUT2D eigenvalue weighted by molar-refractivity contribution is 0.517. The Morgan fingerprint density at radius 2 is 2.24 bits per heavy atom. The summed E-state index contributed by atoms with van der Waals surface area (Å²) in [6.07, 6.45) is 5.17. The Bertz CT molecular complexity index is 411. The van der Waals surface area contributed by atoms with Crippen molar-refractivity contribution in [2.24, 2.45) is 0 Å². The van der Waals surface area contributed by atoms with Crippen LogP contribution in [0.25, 0.3) is 0 Å². The number of nitrogens with one attached hydrogen (secondary N) is 1. The second kappa shape index (κ2) is 6.52. The topological polar surface area (TPSA) is 24.9 Å². The molecule has 2 rings (SSSR count). The molecule has 1 N–H and O–H groups in total. The van der Waals surface area contributed by atoms with Crippen LogP contribution in [0.4, 0.5) is 0 Å². The molecule has 0 saturated carbocycles. The number of aryl methyl sites for hydroxylation is 1. The minimum atomic E-state index is 0.506. The number of thiophene rings is 1. The van der Waals surface area contributed by atoms with Crippen molar-refractivity contribution in [3.8, 4) is 0 Å². The molecule has 0 aromatic carbocycles. The van der Waals surface area contributed by atoms with Gasteiger partial charge in [0.1, 0.15) is 0 Å². The third kappa shape index (κ3) is 3.95. The number of hydrogen-bond acceptors (Lipinski definition) is 3. The maximum absolute atomic E-state index is 4.37. The van der Waals surface area contributed by atoms with Gasteiger partial charge in [-0.1, -0.05) is 12.1 Å². The first-order valence-electron chi connectivity index (χ1n) is 5.98. The molecule has 0 bridgehead atoms. The van der Waals surface area contributed by atoms with E-state index in [1.807, 2.05) is 36.7 Å². The lowest BCUT2D eigenvalue weighted by atomic mass is 10.1. The predicted molar refractivity (Wildman–Crippen MR) is 73.4 cm³/mol. The number of nitrogens with zero attached hydrogens (tertiary/aromatic N) is 1. The maximum atomic E-state index is 4.37. The van der Waals surface area contributed by atoms with Crippen molar-refractivity contribution in [3.05, 3.63) is 52.5 Å². The minimum Gasteiger partial charge on any atom is -0.317 e. The number of likely N-dealkylation sites (N-methyl/N-ethyl adjacent to an activating group) is 1. The lowest BCUT2D eigenvalue weighted by Gasteiger charge is -2.15. The zero-order valence-electron chi connectivity index (χ0n) is 10.1. The molecule has 0 aliphatic rings. The minimum absolute atomic E-state index is 0.506. The number of rotatable bonds is 6. The van der Waals surface area contributed by atoms with E-state index in [0.29, 0.717) is 6.04 Å². The first kappa shape index (κ1) is 12.3. The maximum Gasteiger partial charge on any atom is 0.0419 e. The average Bonchev–Trinajstić information content (AvgIpc) is 2.89. The molecule has 1 atom stereocenters. The molecular formula is C14H18N2S. The molecule has 2 heterocycles. The summed E-state index contributed by atoms with van der Waals surface area (Å²) in [6.45, 7) is 0. The Hall–Kier alpha value is -1.19. The molecule has 90 valence electrons. The van der Waals surface area contributed by atoms with Gasteiger partial charge in [0.15, 0.2) is 0 Å². The molecule has 0 aliphatic heterocycles. The highest BCUT2D eigenvalue weighted by atomic mass is 32.1. The van der Waals surface area contributed by atoms with Crippen LogP contribution in [0, 0.1) is 0 Å². The molecular weight excluding hydrogens is 228 g/mol. The fourth-order valence-electron chi connectivity index (χ4n) is 1.89. The standard InChI is InChI=1S/C14H18N2S/c1-15-12(7-8-14-6-4-10-17-14)11-13-5-2-3-9-16-13/h2-6,9-10,12,15H,7-8,11H2,1H3. The van der Waals surface area contributed by atoms with Gasteiger partial charge in [0.05, 0.1) is 0 Å². The van der Waals surface area contributed by atoms with Crippen molar-refractivity contribution < 1.29 is 0 Å². The first-order chi connectivity index (χ1) is 8.38. The quantitative estimate of drug-likeness (QED) is 0.847. The van der Waals surface area contributed by atoms with Crippen LogP contribution in [0.1, 0.15) is 17.0 Å². The molecule has 0 saturated heterocycles. The summed E-state index contributed by atoms with van der Waals surface area (Å²) >= 11 is 1.84. The van der Waals surface area contributed by atoms with Crippen LogP contribution in [0.5, 0.6) is 0 Å². The lowest BCUT2D eigenvalue weighted by Crippen LogP contribution is -2.28. The van der Waals surface area contributed by atoms with Gasteiger partial charge in [0, 0.05) is 29.2 Å². The highest BCUT2D eigenvalue weighted by molar-refractivity contribution is 7.09. The van der Waals surface area contributed by atoms with E-state index in [2.05, 4.69) is 33.9 Å². The van der Waals surface area contributed by atoms with E-state index < -0.39 is 0 Å². The van der Waals surface area contributed by atoms with Crippen LogP contribution < -0.4 is 5.32 Å². The summed E-state index contributed by atoms with van der Waals surface area (Å²) in [6, 6.07) is 10.9. The number of pyridine rings is 1. The van der Waals surface area contributed by atoms with Crippen molar-refractivity contribution in [1.29, 1.82) is 0 Å². The summed E-state index contributed by atoms with van der Waals surface area (Å²) in [5, 5.41) is 5.52. The highest BCUT2D eigenvalue weighted by Crippen LogP contribution is 2.13. The average molecular weight is 246 g/mol. The Kier molecular flexibility index (Phi) is 4.71. The molecule has 0 aliphatic carbocycles. The predicted octanol–water partition coefficient (Wildman–Crippen LogP) is 2.91. The molecule has 0 spiro atoms.